The summed E-state index contributed by atoms with van der Waals surface area (Å²) in [5.74, 6) is 0. The highest BCUT2D eigenvalue weighted by Gasteiger charge is 2.42. The second kappa shape index (κ2) is 8.34. The van der Waals surface area contributed by atoms with E-state index in [-0.39, 0.29) is 22.9 Å². The van der Waals surface area contributed by atoms with E-state index in [0.29, 0.717) is 0 Å². The third-order valence-electron chi connectivity index (χ3n) is 4.61. The first-order chi connectivity index (χ1) is 14.0. The van der Waals surface area contributed by atoms with E-state index in [4.69, 9.17) is 8.37 Å². The first kappa shape index (κ1) is 22.2. The molecule has 0 bridgehead atoms. The van der Waals surface area contributed by atoms with Crippen LogP contribution < -0.4 is 0 Å². The zero-order chi connectivity index (χ0) is 22.1. The molecule has 1 amide bonds. The maximum Gasteiger partial charge on any atom is 0.407 e. The van der Waals surface area contributed by atoms with E-state index in [1.807, 2.05) is 0 Å². The Morgan fingerprint density at radius 2 is 1.13 bits per heavy atom. The third-order valence-corrected chi connectivity index (χ3v) is 7.31. The van der Waals surface area contributed by atoms with Gasteiger partial charge < -0.3 is 10.0 Å². The van der Waals surface area contributed by atoms with Gasteiger partial charge in [-0.15, -0.1) is 0 Å². The lowest BCUT2D eigenvalue weighted by molar-refractivity contribution is 0.101. The molecule has 9 nitrogen and oxygen atoms in total. The number of benzene rings is 2. The largest absolute Gasteiger partial charge is 0.465 e. The molecule has 0 aliphatic carbocycles. The number of rotatable bonds is 6. The van der Waals surface area contributed by atoms with Gasteiger partial charge in [0.1, 0.15) is 12.2 Å². The predicted octanol–water partition coefficient (Wildman–Crippen LogP) is 2.15. The molecule has 2 atom stereocenters. The van der Waals surface area contributed by atoms with Crippen molar-refractivity contribution in [2.24, 2.45) is 0 Å². The molecule has 1 aliphatic heterocycles. The SMILES string of the molecule is Cc1ccc(S(=O)(=O)OC2CN(C(=O)O)CC2OS(=O)(=O)c2ccc(C)cc2)cc1. The van der Waals surface area contributed by atoms with Crippen molar-refractivity contribution in [3.63, 3.8) is 0 Å². The fraction of sp³-hybridized carbons (Fsp3) is 0.316. The van der Waals surface area contributed by atoms with E-state index in [2.05, 4.69) is 0 Å². The molecule has 0 aromatic heterocycles. The molecule has 0 saturated carbocycles. The van der Waals surface area contributed by atoms with Crippen LogP contribution in [-0.4, -0.2) is 58.2 Å². The van der Waals surface area contributed by atoms with Crippen LogP contribution in [0, 0.1) is 13.8 Å². The van der Waals surface area contributed by atoms with Crippen LogP contribution in [0.15, 0.2) is 58.3 Å². The lowest BCUT2D eigenvalue weighted by Gasteiger charge is -2.18. The third kappa shape index (κ3) is 4.98. The number of hydrogen-bond acceptors (Lipinski definition) is 7. The number of hydrogen-bond donors (Lipinski definition) is 1. The average Bonchev–Trinajstić information content (AvgIpc) is 3.04. The summed E-state index contributed by atoms with van der Waals surface area (Å²) >= 11 is 0. The summed E-state index contributed by atoms with van der Waals surface area (Å²) in [5.41, 5.74) is 1.69. The van der Waals surface area contributed by atoms with E-state index in [1.54, 1.807) is 38.1 Å². The Morgan fingerprint density at radius 3 is 1.43 bits per heavy atom. The van der Waals surface area contributed by atoms with Gasteiger partial charge in [0.15, 0.2) is 0 Å². The van der Waals surface area contributed by atoms with Gasteiger partial charge in [0.05, 0.1) is 22.9 Å². The average molecular weight is 456 g/mol. The molecule has 3 rings (SSSR count). The number of carboxylic acid groups (broad SMARTS) is 1. The zero-order valence-corrected chi connectivity index (χ0v) is 17.9. The quantitative estimate of drug-likeness (QED) is 0.657. The lowest BCUT2D eigenvalue weighted by Crippen LogP contribution is -2.34. The van der Waals surface area contributed by atoms with Crippen molar-refractivity contribution in [3.05, 3.63) is 59.7 Å². The summed E-state index contributed by atoms with van der Waals surface area (Å²) in [7, 11) is -8.53. The van der Waals surface area contributed by atoms with Crippen LogP contribution in [0.4, 0.5) is 4.79 Å². The minimum absolute atomic E-state index is 0.123. The molecule has 2 aromatic rings. The van der Waals surface area contributed by atoms with Gasteiger partial charge in [-0.3, -0.25) is 8.37 Å². The number of likely N-dealkylation sites (tertiary alicyclic amines) is 1. The normalized spacial score (nSPS) is 19.7. The van der Waals surface area contributed by atoms with Crippen LogP contribution in [0.1, 0.15) is 11.1 Å². The molecule has 30 heavy (non-hydrogen) atoms. The molecule has 0 radical (unpaired) electrons. The Hall–Kier alpha value is -2.47. The Balaban J connectivity index is 1.85. The van der Waals surface area contributed by atoms with Crippen molar-refractivity contribution in [1.29, 1.82) is 0 Å². The molecule has 1 heterocycles. The smallest absolute Gasteiger partial charge is 0.407 e. The van der Waals surface area contributed by atoms with Gasteiger partial charge in [-0.05, 0) is 38.1 Å². The Bertz CT molecular complexity index is 1040. The van der Waals surface area contributed by atoms with E-state index < -0.39 is 38.5 Å². The van der Waals surface area contributed by atoms with Crippen molar-refractivity contribution in [3.8, 4) is 0 Å². The van der Waals surface area contributed by atoms with Gasteiger partial charge in [-0.1, -0.05) is 35.4 Å². The minimum Gasteiger partial charge on any atom is -0.465 e. The van der Waals surface area contributed by atoms with Crippen LogP contribution in [0.3, 0.4) is 0 Å². The van der Waals surface area contributed by atoms with Gasteiger partial charge >= 0.3 is 6.09 Å². The molecule has 1 saturated heterocycles. The summed E-state index contributed by atoms with van der Waals surface area (Å²) in [5, 5.41) is 9.26. The zero-order valence-electron chi connectivity index (χ0n) is 16.3. The monoisotopic (exact) mass is 455 g/mol. The lowest BCUT2D eigenvalue weighted by atomic mass is 10.2. The summed E-state index contributed by atoms with van der Waals surface area (Å²) in [6.07, 6.45) is -3.99. The maximum absolute atomic E-state index is 12.6. The van der Waals surface area contributed by atoms with E-state index in [1.165, 1.54) is 24.3 Å². The maximum atomic E-state index is 12.6. The first-order valence-electron chi connectivity index (χ1n) is 8.96. The topological polar surface area (TPSA) is 127 Å². The molecule has 0 spiro atoms. The molecular formula is C19H21NO8S2. The summed E-state index contributed by atoms with van der Waals surface area (Å²) in [4.78, 5) is 12.0. The van der Waals surface area contributed by atoms with Crippen LogP contribution in [-0.2, 0) is 28.6 Å². The van der Waals surface area contributed by atoms with Crippen LogP contribution in [0.25, 0.3) is 0 Å². The van der Waals surface area contributed by atoms with Crippen molar-refractivity contribution in [1.82, 2.24) is 4.90 Å². The van der Waals surface area contributed by atoms with Gasteiger partial charge in [0.2, 0.25) is 0 Å². The van der Waals surface area contributed by atoms with Crippen LogP contribution in [0.2, 0.25) is 0 Å². The van der Waals surface area contributed by atoms with Crippen LogP contribution in [0.5, 0.6) is 0 Å². The number of aryl methyl sites for hydroxylation is 2. The second-order valence-electron chi connectivity index (χ2n) is 6.99. The van der Waals surface area contributed by atoms with E-state index in [9.17, 15) is 26.7 Å². The molecule has 162 valence electrons. The summed E-state index contributed by atoms with van der Waals surface area (Å²) < 4.78 is 60.8. The van der Waals surface area contributed by atoms with E-state index >= 15 is 0 Å². The van der Waals surface area contributed by atoms with Gasteiger partial charge in [-0.2, -0.15) is 16.8 Å². The van der Waals surface area contributed by atoms with Crippen molar-refractivity contribution >= 4 is 26.3 Å². The Labute approximate surface area is 175 Å². The summed E-state index contributed by atoms with van der Waals surface area (Å²) in [6.45, 7) is 2.88. The molecule has 11 heteroatoms. The minimum atomic E-state index is -4.26. The Morgan fingerprint density at radius 1 is 0.800 bits per heavy atom. The fourth-order valence-corrected chi connectivity index (χ4v) is 5.11. The van der Waals surface area contributed by atoms with Gasteiger partial charge in [-0.25, -0.2) is 4.79 Å². The first-order valence-corrected chi connectivity index (χ1v) is 11.8. The summed E-state index contributed by atoms with van der Waals surface area (Å²) in [6, 6.07) is 11.8. The highest BCUT2D eigenvalue weighted by Crippen LogP contribution is 2.26. The highest BCUT2D eigenvalue weighted by molar-refractivity contribution is 7.87. The predicted molar refractivity (Wildman–Crippen MR) is 106 cm³/mol. The molecule has 1 N–H and O–H groups in total. The van der Waals surface area contributed by atoms with Crippen molar-refractivity contribution < 1.29 is 35.1 Å². The highest BCUT2D eigenvalue weighted by atomic mass is 32.2. The molecule has 2 aromatic carbocycles. The van der Waals surface area contributed by atoms with Gasteiger partial charge in [0, 0.05) is 0 Å². The number of carbonyl (C=O) groups is 1. The van der Waals surface area contributed by atoms with E-state index in [0.717, 1.165) is 16.0 Å². The molecule has 1 aliphatic rings. The molecule has 2 unspecified atom stereocenters. The fourth-order valence-electron chi connectivity index (χ4n) is 2.93. The molecular weight excluding hydrogens is 434 g/mol. The number of amides is 1. The van der Waals surface area contributed by atoms with Crippen LogP contribution >= 0.6 is 0 Å². The van der Waals surface area contributed by atoms with Crippen molar-refractivity contribution in [2.45, 2.75) is 35.8 Å². The number of nitrogens with zero attached hydrogens (tertiary/aromatic N) is 1. The van der Waals surface area contributed by atoms with Crippen molar-refractivity contribution in [2.75, 3.05) is 13.1 Å². The molecule has 1 fully saturated rings. The second-order valence-corrected chi connectivity index (χ2v) is 10.1. The Kier molecular flexibility index (Phi) is 6.18. The van der Waals surface area contributed by atoms with Gasteiger partial charge in [0.25, 0.3) is 20.2 Å². The standard InChI is InChI=1S/C19H21NO8S2/c1-13-3-7-15(8-4-13)29(23,24)27-17-11-20(19(21)22)12-18(17)28-30(25,26)16-9-5-14(2)6-10-16/h3-10,17-18H,11-12H2,1-2H3,(H,21,22).